The van der Waals surface area contributed by atoms with Crippen LogP contribution in [-0.4, -0.2) is 85.1 Å². The molecule has 1 aliphatic heterocycles. The van der Waals surface area contributed by atoms with E-state index in [1.165, 1.54) is 4.31 Å². The van der Waals surface area contributed by atoms with E-state index in [1.807, 2.05) is 54.5 Å². The molecule has 0 bridgehead atoms. The number of nitrogens with one attached hydrogen (secondary N) is 4. The molecule has 14 heteroatoms. The van der Waals surface area contributed by atoms with E-state index in [-0.39, 0.29) is 61.2 Å². The lowest BCUT2D eigenvalue weighted by molar-refractivity contribution is -0.136. The van der Waals surface area contributed by atoms with Crippen LogP contribution in [0.2, 0.25) is 0 Å². The first-order valence-electron chi connectivity index (χ1n) is 20.1. The Labute approximate surface area is 340 Å². The minimum Gasteiger partial charge on any atom is -0.444 e. The molecule has 2 unspecified atom stereocenters. The molecule has 4 rings (SSSR count). The Hall–Kier alpha value is -4.17. The summed E-state index contributed by atoms with van der Waals surface area (Å²) >= 11 is 0. The van der Waals surface area contributed by atoms with Crippen LogP contribution in [0.1, 0.15) is 87.1 Å². The molecule has 4 amide bonds. The van der Waals surface area contributed by atoms with Crippen molar-refractivity contribution in [2.24, 2.45) is 39.9 Å². The predicted octanol–water partition coefficient (Wildman–Crippen LogP) is 5.92. The van der Waals surface area contributed by atoms with Gasteiger partial charge in [0.2, 0.25) is 5.91 Å². The fourth-order valence-electron chi connectivity index (χ4n) is 8.40. The summed E-state index contributed by atoms with van der Waals surface area (Å²) in [6.45, 7) is 29.9. The normalized spacial score (nSPS) is 23.9. The van der Waals surface area contributed by atoms with E-state index < -0.39 is 57.1 Å². The van der Waals surface area contributed by atoms with Crippen LogP contribution in [-0.2, 0) is 31.1 Å². The van der Waals surface area contributed by atoms with Crippen molar-refractivity contribution in [3.63, 3.8) is 0 Å². The molecule has 1 aromatic carbocycles. The van der Waals surface area contributed by atoms with E-state index in [1.54, 1.807) is 30.3 Å². The van der Waals surface area contributed by atoms with Gasteiger partial charge in [-0.25, -0.2) is 9.59 Å². The predicted molar refractivity (Wildman–Crippen MR) is 223 cm³/mol. The van der Waals surface area contributed by atoms with Crippen molar-refractivity contribution >= 4 is 34.0 Å². The summed E-state index contributed by atoms with van der Waals surface area (Å²) in [7, 11) is -4.23. The number of amides is 4. The Bertz CT molecular complexity index is 1800. The molecule has 1 aromatic rings. The highest BCUT2D eigenvalue weighted by atomic mass is 32.2. The van der Waals surface area contributed by atoms with Crippen LogP contribution in [0.25, 0.3) is 0 Å². The van der Waals surface area contributed by atoms with Crippen LogP contribution in [0, 0.1) is 39.9 Å². The lowest BCUT2D eigenvalue weighted by atomic mass is 9.74. The summed E-state index contributed by atoms with van der Waals surface area (Å²) in [6, 6.07) is 6.32. The van der Waals surface area contributed by atoms with Crippen molar-refractivity contribution in [1.29, 1.82) is 0 Å². The molecule has 1 heterocycles. The van der Waals surface area contributed by atoms with Gasteiger partial charge in [-0.05, 0) is 52.1 Å². The third kappa shape index (κ3) is 10.5. The summed E-state index contributed by atoms with van der Waals surface area (Å²) < 4.78 is 34.3. The van der Waals surface area contributed by atoms with Gasteiger partial charge in [0.1, 0.15) is 6.61 Å². The van der Waals surface area contributed by atoms with E-state index in [9.17, 15) is 27.6 Å². The molecule has 0 aromatic heterocycles. The third-order valence-corrected chi connectivity index (χ3v) is 13.9. The second-order valence-corrected chi connectivity index (χ2v) is 20.4. The molecule has 3 fully saturated rings. The number of hydrogen-bond acceptors (Lipinski definition) is 8. The van der Waals surface area contributed by atoms with E-state index in [2.05, 4.69) is 54.9 Å². The molecule has 2 aliphatic carbocycles. The van der Waals surface area contributed by atoms with E-state index in [0.717, 1.165) is 12.0 Å². The lowest BCUT2D eigenvalue weighted by Crippen LogP contribution is -2.59. The maximum absolute atomic E-state index is 14.7. The minimum atomic E-state index is -4.23. The van der Waals surface area contributed by atoms with Crippen LogP contribution in [0.15, 0.2) is 67.4 Å². The van der Waals surface area contributed by atoms with Crippen molar-refractivity contribution in [2.75, 3.05) is 26.2 Å². The van der Waals surface area contributed by atoms with Crippen LogP contribution in [0.3, 0.4) is 0 Å². The summed E-state index contributed by atoms with van der Waals surface area (Å²) in [5.74, 6) is -1.40. The van der Waals surface area contributed by atoms with Gasteiger partial charge in [0, 0.05) is 37.3 Å². The van der Waals surface area contributed by atoms with Gasteiger partial charge in [-0.3, -0.25) is 9.59 Å². The molecular weight excluding hydrogens is 745 g/mol. The van der Waals surface area contributed by atoms with Crippen LogP contribution in [0.5, 0.6) is 0 Å². The maximum atomic E-state index is 14.7. The smallest absolute Gasteiger partial charge is 0.424 e. The van der Waals surface area contributed by atoms with Crippen molar-refractivity contribution in [3.05, 3.63) is 73.0 Å². The van der Waals surface area contributed by atoms with Gasteiger partial charge in [-0.15, -0.1) is 6.58 Å². The van der Waals surface area contributed by atoms with Gasteiger partial charge in [0.25, 0.3) is 0 Å². The fourth-order valence-corrected chi connectivity index (χ4v) is 9.88. The molecule has 13 nitrogen and oxygen atoms in total. The number of benzene rings is 1. The Morgan fingerprint density at radius 1 is 0.982 bits per heavy atom. The fraction of sp³-hybridized carbons (Fsp3) is 0.628. The number of urea groups is 1. The van der Waals surface area contributed by atoms with Gasteiger partial charge in [0.05, 0.1) is 24.5 Å². The zero-order chi connectivity index (χ0) is 42.7. The van der Waals surface area contributed by atoms with Crippen LogP contribution in [0.4, 0.5) is 9.59 Å². The summed E-state index contributed by atoms with van der Waals surface area (Å²) in [5, 5.41) is 12.3. The zero-order valence-corrected chi connectivity index (χ0v) is 36.3. The number of rotatable bonds is 17. The van der Waals surface area contributed by atoms with Crippen LogP contribution < -0.4 is 21.3 Å². The number of fused-ring (bicyclic) bond motifs is 1. The van der Waals surface area contributed by atoms with E-state index in [4.69, 9.17) is 4.74 Å². The average Bonchev–Trinajstić information content (AvgIpc) is 3.39. The molecule has 1 saturated heterocycles. The maximum Gasteiger partial charge on any atom is 0.424 e. The van der Waals surface area contributed by atoms with Crippen molar-refractivity contribution in [1.82, 2.24) is 29.9 Å². The number of ketones is 1. The van der Waals surface area contributed by atoms with Crippen molar-refractivity contribution < 1.29 is 32.3 Å². The molecule has 7 atom stereocenters. The Morgan fingerprint density at radius 3 is 2.21 bits per heavy atom. The summed E-state index contributed by atoms with van der Waals surface area (Å²) in [6.07, 6.45) is 2.74. The largest absolute Gasteiger partial charge is 0.444 e. The number of hydrogen-bond donors (Lipinski definition) is 4. The second-order valence-electron chi connectivity index (χ2n) is 18.6. The molecular formula is C43H66N6O7S. The molecule has 2 saturated carbocycles. The highest BCUT2D eigenvalue weighted by Crippen LogP contribution is 2.71. The van der Waals surface area contributed by atoms with Crippen molar-refractivity contribution in [3.8, 4) is 0 Å². The number of carbonyl (C=O) groups excluding carboxylic acids is 4. The number of Topliss-reactive ketones (excluding diaryl/α,β-unsaturated/α-hetero) is 1. The first-order chi connectivity index (χ1) is 26.5. The molecule has 57 heavy (non-hydrogen) atoms. The molecule has 0 spiro atoms. The van der Waals surface area contributed by atoms with Gasteiger partial charge in [0.15, 0.2) is 5.78 Å². The SMILES string of the molecule is C=CCNC(=C)C(=C)C(CCC)NC(=O)[C@H]1C(C(=O)[C@@H](NC(=O)N[C@H](CN2CCN(C(=O)OCc3ccccc3)S2(=O)=O)C(C)(C)C)C(C)(C)C)C[C@H]2[C@@H]1C2(C)C. The molecule has 3 aliphatic rings. The number of nitrogens with zero attached hydrogens (tertiary/aromatic N) is 2. The number of ether oxygens (including phenoxy) is 1. The molecule has 4 N–H and O–H groups in total. The Balaban J connectivity index is 1.48. The van der Waals surface area contributed by atoms with Gasteiger partial charge >= 0.3 is 22.3 Å². The summed E-state index contributed by atoms with van der Waals surface area (Å²) in [5.41, 5.74) is 0.579. The second kappa shape index (κ2) is 17.8. The zero-order valence-electron chi connectivity index (χ0n) is 35.4. The van der Waals surface area contributed by atoms with Crippen molar-refractivity contribution in [2.45, 2.75) is 106 Å². The standard InChI is InChI=1S/C43H66N6O7S/c1-13-18-32(27(3)28(4)44-21-14-2)45-38(51)34-30(24-31-35(34)43(31,11)12)36(50)37(42(8,9)10)47-39(52)46-33(41(5,6)7)25-48-22-23-49(57(48,54)55)40(53)56-26-29-19-16-15-17-20-29/h14-17,19-20,30-35,37,44H,2-4,13,18,21-26H2,1,5-12H3,(H,45,51)(H2,46,47,52)/t30?,31-,32?,33+,34-,35-,37+/m0/s1. The third-order valence-electron chi connectivity index (χ3n) is 12.0. The average molecular weight is 811 g/mol. The number of carbonyl (C=O) groups is 4. The Kier molecular flexibility index (Phi) is 14.2. The van der Waals surface area contributed by atoms with E-state index in [0.29, 0.717) is 35.0 Å². The van der Waals surface area contributed by atoms with Gasteiger partial charge in [-0.1, -0.05) is 118 Å². The van der Waals surface area contributed by atoms with Gasteiger partial charge < -0.3 is 26.0 Å². The van der Waals surface area contributed by atoms with E-state index >= 15 is 0 Å². The van der Waals surface area contributed by atoms with Gasteiger partial charge in [-0.2, -0.15) is 17.0 Å². The first kappa shape index (κ1) is 45.5. The first-order valence-corrected chi connectivity index (χ1v) is 21.5. The topological polar surface area (TPSA) is 166 Å². The highest BCUT2D eigenvalue weighted by molar-refractivity contribution is 7.87. The monoisotopic (exact) mass is 810 g/mol. The Morgan fingerprint density at radius 2 is 1.63 bits per heavy atom. The molecule has 316 valence electrons. The highest BCUT2D eigenvalue weighted by Gasteiger charge is 2.70. The lowest BCUT2D eigenvalue weighted by Gasteiger charge is -2.37. The van der Waals surface area contributed by atoms with Crippen LogP contribution >= 0.6 is 0 Å². The minimum absolute atomic E-state index is 0.0152. The quantitative estimate of drug-likeness (QED) is 0.111. The summed E-state index contributed by atoms with van der Waals surface area (Å²) in [4.78, 5) is 55.7. The molecule has 0 radical (unpaired) electrons.